The van der Waals surface area contributed by atoms with Crippen LogP contribution < -0.4 is 11.0 Å². The van der Waals surface area contributed by atoms with E-state index in [9.17, 15) is 9.59 Å². The van der Waals surface area contributed by atoms with Crippen LogP contribution in [0.5, 0.6) is 0 Å². The van der Waals surface area contributed by atoms with Crippen LogP contribution in [0, 0.1) is 0 Å². The van der Waals surface area contributed by atoms with Gasteiger partial charge in [-0.3, -0.25) is 14.0 Å². The highest BCUT2D eigenvalue weighted by Gasteiger charge is 2.11. The van der Waals surface area contributed by atoms with E-state index >= 15 is 0 Å². The van der Waals surface area contributed by atoms with Crippen LogP contribution in [0.25, 0.3) is 27.1 Å². The molecule has 2 aromatic carbocycles. The average molecular weight is 247 g/mol. The predicted octanol–water partition coefficient (Wildman–Crippen LogP) is 2.40. The normalized spacial score (nSPS) is 11.6. The third-order valence-electron chi connectivity index (χ3n) is 3.58. The molecule has 0 unspecified atom stereocenters. The van der Waals surface area contributed by atoms with Crippen molar-refractivity contribution in [2.45, 2.75) is 0 Å². The van der Waals surface area contributed by atoms with Crippen molar-refractivity contribution >= 4 is 27.1 Å². The molecule has 0 atom stereocenters. The van der Waals surface area contributed by atoms with Crippen LogP contribution in [0.2, 0.25) is 0 Å². The van der Waals surface area contributed by atoms with Gasteiger partial charge < -0.3 is 0 Å². The molecule has 0 saturated heterocycles. The van der Waals surface area contributed by atoms with Gasteiger partial charge in [0.05, 0.1) is 5.52 Å². The number of pyridine rings is 2. The van der Waals surface area contributed by atoms with Gasteiger partial charge in [0.1, 0.15) is 0 Å². The quantitative estimate of drug-likeness (QED) is 0.353. The summed E-state index contributed by atoms with van der Waals surface area (Å²) in [6.45, 7) is 0. The Balaban J connectivity index is 2.55. The second kappa shape index (κ2) is 3.42. The molecule has 0 aliphatic rings. The zero-order valence-electron chi connectivity index (χ0n) is 9.96. The number of rotatable bonds is 0. The van der Waals surface area contributed by atoms with E-state index in [-0.39, 0.29) is 11.0 Å². The van der Waals surface area contributed by atoms with E-state index in [1.807, 2.05) is 36.4 Å². The molecule has 0 bridgehead atoms. The molecule has 2 aromatic heterocycles. The van der Waals surface area contributed by atoms with Crippen molar-refractivity contribution in [3.8, 4) is 0 Å². The van der Waals surface area contributed by atoms with E-state index in [0.29, 0.717) is 16.3 Å². The molecule has 3 heteroatoms. The van der Waals surface area contributed by atoms with E-state index < -0.39 is 0 Å². The number of para-hydroxylation sites is 1. The third-order valence-corrected chi connectivity index (χ3v) is 3.58. The monoisotopic (exact) mass is 247 g/mol. The number of aromatic nitrogens is 1. The molecule has 0 aliphatic carbocycles. The Morgan fingerprint density at radius 1 is 0.684 bits per heavy atom. The van der Waals surface area contributed by atoms with Crippen molar-refractivity contribution in [3.63, 3.8) is 0 Å². The summed E-state index contributed by atoms with van der Waals surface area (Å²) in [5, 5.41) is 3.09. The van der Waals surface area contributed by atoms with Gasteiger partial charge >= 0.3 is 0 Å². The topological polar surface area (TPSA) is 38.5 Å². The number of fused-ring (bicyclic) bond motifs is 2. The first kappa shape index (κ1) is 10.3. The minimum Gasteiger partial charge on any atom is -0.289 e. The van der Waals surface area contributed by atoms with E-state index in [1.54, 1.807) is 16.7 Å². The van der Waals surface area contributed by atoms with E-state index in [4.69, 9.17) is 0 Å². The second-order valence-corrected chi connectivity index (χ2v) is 4.60. The molecule has 0 aliphatic heterocycles. The first-order valence-corrected chi connectivity index (χ1v) is 6.06. The van der Waals surface area contributed by atoms with Gasteiger partial charge in [0, 0.05) is 28.4 Å². The molecule has 19 heavy (non-hydrogen) atoms. The number of hydrogen-bond donors (Lipinski definition) is 0. The molecule has 0 amide bonds. The maximum absolute atomic E-state index is 12.5. The summed E-state index contributed by atoms with van der Waals surface area (Å²) in [7, 11) is 0. The van der Waals surface area contributed by atoms with Crippen molar-refractivity contribution in [1.29, 1.82) is 0 Å². The summed E-state index contributed by atoms with van der Waals surface area (Å²) >= 11 is 0. The largest absolute Gasteiger partial charge is 0.289 e. The van der Waals surface area contributed by atoms with Crippen LogP contribution in [0.3, 0.4) is 0 Å². The highest BCUT2D eigenvalue weighted by molar-refractivity contribution is 6.10. The van der Waals surface area contributed by atoms with Gasteiger partial charge in [0.15, 0.2) is 5.43 Å². The lowest BCUT2D eigenvalue weighted by Crippen LogP contribution is -2.17. The van der Waals surface area contributed by atoms with Gasteiger partial charge in [-0.1, -0.05) is 30.3 Å². The van der Waals surface area contributed by atoms with Crippen LogP contribution in [0.1, 0.15) is 0 Å². The van der Waals surface area contributed by atoms with Crippen LogP contribution in [0.4, 0.5) is 0 Å². The standard InChI is InChI=1S/C16H9NO2/c18-14-8-9-17-15-11(6-3-7-13(14)15)10-4-1-2-5-12(10)16(17)19/h1-9H. The first-order chi connectivity index (χ1) is 9.27. The Morgan fingerprint density at radius 3 is 2.21 bits per heavy atom. The van der Waals surface area contributed by atoms with Gasteiger partial charge in [-0.2, -0.15) is 0 Å². The summed E-state index contributed by atoms with van der Waals surface area (Å²) in [5.74, 6) is 0. The Labute approximate surface area is 107 Å². The Hall–Kier alpha value is -2.68. The van der Waals surface area contributed by atoms with E-state index in [1.165, 1.54) is 6.07 Å². The van der Waals surface area contributed by atoms with Gasteiger partial charge in [-0.15, -0.1) is 0 Å². The van der Waals surface area contributed by atoms with Gasteiger partial charge in [-0.05, 0) is 17.5 Å². The lowest BCUT2D eigenvalue weighted by atomic mass is 10.0. The molecule has 4 rings (SSSR count). The van der Waals surface area contributed by atoms with Crippen LogP contribution in [-0.2, 0) is 0 Å². The minimum absolute atomic E-state index is 0.0553. The smallest absolute Gasteiger partial charge is 0.263 e. The Morgan fingerprint density at radius 2 is 1.37 bits per heavy atom. The lowest BCUT2D eigenvalue weighted by Gasteiger charge is -2.09. The van der Waals surface area contributed by atoms with Crippen molar-refractivity contribution < 1.29 is 0 Å². The van der Waals surface area contributed by atoms with Crippen LogP contribution >= 0.6 is 0 Å². The summed E-state index contributed by atoms with van der Waals surface area (Å²) in [6.07, 6.45) is 1.56. The Kier molecular flexibility index (Phi) is 1.85. The highest BCUT2D eigenvalue weighted by atomic mass is 16.1. The fourth-order valence-corrected chi connectivity index (χ4v) is 2.73. The maximum Gasteiger partial charge on any atom is 0.263 e. The Bertz CT molecular complexity index is 1050. The number of nitrogens with zero attached hydrogens (tertiary/aromatic N) is 1. The summed E-state index contributed by atoms with van der Waals surface area (Å²) in [6, 6.07) is 14.5. The molecule has 0 N–H and O–H groups in total. The number of benzene rings is 2. The molecule has 4 aromatic rings. The van der Waals surface area contributed by atoms with Crippen molar-refractivity contribution in [2.75, 3.05) is 0 Å². The molecule has 0 saturated carbocycles. The molecule has 2 heterocycles. The SMILES string of the molecule is O=c1ccn2c(=O)c3ccccc3c3cccc1c32. The van der Waals surface area contributed by atoms with E-state index in [2.05, 4.69) is 0 Å². The molecule has 0 spiro atoms. The molecule has 90 valence electrons. The maximum atomic E-state index is 12.5. The molecule has 3 nitrogen and oxygen atoms in total. The highest BCUT2D eigenvalue weighted by Crippen LogP contribution is 2.24. The van der Waals surface area contributed by atoms with Crippen LogP contribution in [-0.4, -0.2) is 4.40 Å². The summed E-state index contributed by atoms with van der Waals surface area (Å²) in [4.78, 5) is 24.4. The predicted molar refractivity (Wildman–Crippen MR) is 76.1 cm³/mol. The van der Waals surface area contributed by atoms with Crippen molar-refractivity contribution in [2.24, 2.45) is 0 Å². The summed E-state index contributed by atoms with van der Waals surface area (Å²) < 4.78 is 1.56. The van der Waals surface area contributed by atoms with Gasteiger partial charge in [-0.25, -0.2) is 0 Å². The molecule has 0 radical (unpaired) electrons. The third kappa shape index (κ3) is 1.21. The molecule has 0 fully saturated rings. The van der Waals surface area contributed by atoms with E-state index in [0.717, 1.165) is 10.8 Å². The number of hydrogen-bond acceptors (Lipinski definition) is 2. The minimum atomic E-state index is -0.0840. The molecular formula is C16H9NO2. The fourth-order valence-electron chi connectivity index (χ4n) is 2.73. The average Bonchev–Trinajstić information content (AvgIpc) is 2.46. The van der Waals surface area contributed by atoms with Crippen molar-refractivity contribution in [1.82, 2.24) is 4.40 Å². The van der Waals surface area contributed by atoms with Crippen molar-refractivity contribution in [3.05, 3.63) is 75.3 Å². The first-order valence-electron chi connectivity index (χ1n) is 6.06. The summed E-state index contributed by atoms with van der Waals surface area (Å²) in [5.41, 5.74) is 0.568. The zero-order chi connectivity index (χ0) is 13.0. The lowest BCUT2D eigenvalue weighted by molar-refractivity contribution is 1.13. The molecular weight excluding hydrogens is 238 g/mol. The van der Waals surface area contributed by atoms with Gasteiger partial charge in [0.25, 0.3) is 5.56 Å². The zero-order valence-corrected chi connectivity index (χ0v) is 9.96. The van der Waals surface area contributed by atoms with Crippen LogP contribution in [0.15, 0.2) is 64.3 Å². The second-order valence-electron chi connectivity index (χ2n) is 4.60. The van der Waals surface area contributed by atoms with Gasteiger partial charge in [0.2, 0.25) is 0 Å². The fraction of sp³-hybridized carbons (Fsp3) is 0.